The number of carbonyl (C=O) groups is 1. The summed E-state index contributed by atoms with van der Waals surface area (Å²) < 4.78 is 30.4. The maximum atomic E-state index is 12.0. The molecule has 6 nitrogen and oxygen atoms in total. The molecule has 124 valence electrons. The summed E-state index contributed by atoms with van der Waals surface area (Å²) >= 11 is 1.01. The van der Waals surface area contributed by atoms with Gasteiger partial charge in [-0.2, -0.15) is 4.21 Å². The van der Waals surface area contributed by atoms with Gasteiger partial charge < -0.3 is 8.92 Å². The summed E-state index contributed by atoms with van der Waals surface area (Å²) in [5.41, 5.74) is -0.108. The Morgan fingerprint density at radius 2 is 1.91 bits per heavy atom. The highest BCUT2D eigenvalue weighted by Gasteiger charge is 2.17. The van der Waals surface area contributed by atoms with Crippen LogP contribution in [0.2, 0.25) is 0 Å². The molecule has 0 bridgehead atoms. The van der Waals surface area contributed by atoms with E-state index in [4.69, 9.17) is 13.5 Å². The molecule has 0 aromatic heterocycles. The van der Waals surface area contributed by atoms with Gasteiger partial charge in [0.2, 0.25) is 0 Å². The number of hydrogen-bond acceptors (Lipinski definition) is 4. The first-order valence-corrected chi connectivity index (χ1v) is 8.49. The van der Waals surface area contributed by atoms with Crippen LogP contribution >= 0.6 is 15.9 Å². The Morgan fingerprint density at radius 3 is 2.52 bits per heavy atom. The van der Waals surface area contributed by atoms with E-state index in [2.05, 4.69) is 21.2 Å². The van der Waals surface area contributed by atoms with Gasteiger partial charge in [0.05, 0.1) is 5.69 Å². The first-order valence-electron chi connectivity index (χ1n) is 6.67. The normalized spacial score (nSPS) is 12.7. The average Bonchev–Trinajstić information content (AvgIpc) is 2.39. The van der Waals surface area contributed by atoms with E-state index < -0.39 is 23.1 Å². The molecule has 0 fully saturated rings. The maximum absolute atomic E-state index is 12.0. The second-order valence-electron chi connectivity index (χ2n) is 5.73. The number of amides is 1. The Bertz CT molecular complexity index is 772. The molecule has 2 N–H and O–H groups in total. The van der Waals surface area contributed by atoms with E-state index in [9.17, 15) is 9.00 Å². The number of fused-ring (bicyclic) bond motifs is 1. The van der Waals surface area contributed by atoms with Crippen molar-refractivity contribution in [2.24, 2.45) is 0 Å². The monoisotopic (exact) mass is 401 g/mol. The third-order valence-electron chi connectivity index (χ3n) is 2.74. The van der Waals surface area contributed by atoms with E-state index in [1.807, 2.05) is 0 Å². The summed E-state index contributed by atoms with van der Waals surface area (Å²) in [4.78, 5) is 12.0. The van der Waals surface area contributed by atoms with Crippen molar-refractivity contribution in [1.29, 1.82) is 0 Å². The van der Waals surface area contributed by atoms with Crippen LogP contribution in [0.4, 0.5) is 10.5 Å². The second kappa shape index (κ2) is 6.86. The van der Waals surface area contributed by atoms with Crippen molar-refractivity contribution >= 4 is 49.8 Å². The van der Waals surface area contributed by atoms with Crippen molar-refractivity contribution in [3.05, 3.63) is 34.8 Å². The van der Waals surface area contributed by atoms with Crippen molar-refractivity contribution in [2.45, 2.75) is 26.4 Å². The zero-order valence-electron chi connectivity index (χ0n) is 12.8. The Hall–Kier alpha value is -1.64. The van der Waals surface area contributed by atoms with Crippen LogP contribution in [0.5, 0.6) is 5.75 Å². The Balaban J connectivity index is 2.40. The van der Waals surface area contributed by atoms with Crippen LogP contribution in [0.15, 0.2) is 34.8 Å². The third kappa shape index (κ3) is 4.92. The zero-order valence-corrected chi connectivity index (χ0v) is 15.2. The highest BCUT2D eigenvalue weighted by Crippen LogP contribution is 2.33. The van der Waals surface area contributed by atoms with Crippen LogP contribution < -0.4 is 9.50 Å². The van der Waals surface area contributed by atoms with Crippen molar-refractivity contribution in [1.82, 2.24) is 0 Å². The van der Waals surface area contributed by atoms with Crippen LogP contribution in [-0.2, 0) is 16.1 Å². The first kappa shape index (κ1) is 17.7. The van der Waals surface area contributed by atoms with Crippen LogP contribution in [0.3, 0.4) is 0 Å². The van der Waals surface area contributed by atoms with Gasteiger partial charge in [0.25, 0.3) is 0 Å². The van der Waals surface area contributed by atoms with Gasteiger partial charge in [0.1, 0.15) is 11.4 Å². The molecule has 0 saturated heterocycles. The van der Waals surface area contributed by atoms with Gasteiger partial charge in [0.15, 0.2) is 0 Å². The molecule has 0 aliphatic rings. The molecule has 23 heavy (non-hydrogen) atoms. The molecule has 2 aromatic carbocycles. The molecule has 1 unspecified atom stereocenters. The molecular weight excluding hydrogens is 386 g/mol. The van der Waals surface area contributed by atoms with E-state index in [1.165, 1.54) is 0 Å². The minimum Gasteiger partial charge on any atom is -0.444 e. The zero-order chi connectivity index (χ0) is 17.2. The molecule has 1 atom stereocenters. The lowest BCUT2D eigenvalue weighted by atomic mass is 10.1. The predicted molar refractivity (Wildman–Crippen MR) is 92.9 cm³/mol. The Morgan fingerprint density at radius 1 is 1.22 bits per heavy atom. The molecule has 0 aliphatic heterocycles. The summed E-state index contributed by atoms with van der Waals surface area (Å²) in [5, 5.41) is 4.13. The largest absolute Gasteiger partial charge is 0.444 e. The van der Waals surface area contributed by atoms with Gasteiger partial charge >= 0.3 is 17.5 Å². The lowest BCUT2D eigenvalue weighted by Gasteiger charge is -2.20. The van der Waals surface area contributed by atoms with Crippen LogP contribution in [-0.4, -0.2) is 20.5 Å². The van der Waals surface area contributed by atoms with Crippen molar-refractivity contribution in [3.63, 3.8) is 0 Å². The highest BCUT2D eigenvalue weighted by molar-refractivity contribution is 9.10. The van der Waals surface area contributed by atoms with Gasteiger partial charge in [-0.15, -0.1) is 0 Å². The SMILES string of the molecule is CC(C)(C)OC(=O)Nc1ccc(Br)c2ccc(OS(=O)O)cc12. The van der Waals surface area contributed by atoms with Crippen LogP contribution in [0, 0.1) is 0 Å². The maximum Gasteiger partial charge on any atom is 0.412 e. The molecule has 0 heterocycles. The summed E-state index contributed by atoms with van der Waals surface area (Å²) in [5.74, 6) is 0.212. The number of benzene rings is 2. The van der Waals surface area contributed by atoms with E-state index in [1.54, 1.807) is 51.1 Å². The number of anilines is 1. The van der Waals surface area contributed by atoms with Gasteiger partial charge in [-0.3, -0.25) is 9.87 Å². The fourth-order valence-corrected chi connectivity index (χ4v) is 2.69. The van der Waals surface area contributed by atoms with E-state index in [-0.39, 0.29) is 5.75 Å². The number of carbonyl (C=O) groups excluding carboxylic acids is 1. The van der Waals surface area contributed by atoms with Crippen molar-refractivity contribution < 1.29 is 22.5 Å². The Kier molecular flexibility index (Phi) is 5.28. The molecule has 2 aromatic rings. The summed E-state index contributed by atoms with van der Waals surface area (Å²) in [6.45, 7) is 5.32. The number of hydrogen-bond donors (Lipinski definition) is 2. The van der Waals surface area contributed by atoms with E-state index in [0.29, 0.717) is 11.1 Å². The van der Waals surface area contributed by atoms with Crippen LogP contribution in [0.1, 0.15) is 20.8 Å². The highest BCUT2D eigenvalue weighted by atomic mass is 79.9. The van der Waals surface area contributed by atoms with E-state index >= 15 is 0 Å². The molecule has 0 saturated carbocycles. The summed E-state index contributed by atoms with van der Waals surface area (Å²) in [6.07, 6.45) is -0.585. The van der Waals surface area contributed by atoms with E-state index in [0.717, 1.165) is 9.86 Å². The number of ether oxygens (including phenoxy) is 1. The number of nitrogens with one attached hydrogen (secondary N) is 1. The first-order chi connectivity index (χ1) is 10.7. The van der Waals surface area contributed by atoms with Crippen LogP contribution in [0.25, 0.3) is 10.8 Å². The van der Waals surface area contributed by atoms with Gasteiger partial charge in [-0.1, -0.05) is 15.9 Å². The van der Waals surface area contributed by atoms with Gasteiger partial charge in [-0.05, 0) is 56.5 Å². The molecule has 2 rings (SSSR count). The molecule has 0 spiro atoms. The average molecular weight is 402 g/mol. The fraction of sp³-hybridized carbons (Fsp3) is 0.267. The summed E-state index contributed by atoms with van der Waals surface area (Å²) in [7, 11) is 0. The van der Waals surface area contributed by atoms with Crippen molar-refractivity contribution in [3.8, 4) is 5.75 Å². The third-order valence-corrected chi connectivity index (χ3v) is 3.76. The minimum absolute atomic E-state index is 0.212. The molecule has 8 heteroatoms. The van der Waals surface area contributed by atoms with Crippen molar-refractivity contribution in [2.75, 3.05) is 5.32 Å². The standard InChI is InChI=1S/C15H16BrNO5S/c1-15(2,3)21-14(18)17-13-7-6-12(16)10-5-4-9(8-11(10)13)22-23(19)20/h4-8H,1-3H3,(H,17,18)(H,19,20). The predicted octanol–water partition coefficient (Wildman–Crippen LogP) is 4.46. The second-order valence-corrected chi connectivity index (χ2v) is 7.18. The molecule has 1 amide bonds. The lowest BCUT2D eigenvalue weighted by Crippen LogP contribution is -2.27. The topological polar surface area (TPSA) is 84.9 Å². The number of halogens is 1. The number of rotatable bonds is 3. The molecular formula is C15H16BrNO5S. The lowest BCUT2D eigenvalue weighted by molar-refractivity contribution is 0.0636. The quantitative estimate of drug-likeness (QED) is 0.741. The van der Waals surface area contributed by atoms with Gasteiger partial charge in [0, 0.05) is 9.86 Å². The molecule has 0 radical (unpaired) electrons. The Labute approximate surface area is 144 Å². The van der Waals surface area contributed by atoms with Gasteiger partial charge in [-0.25, -0.2) is 4.79 Å². The fourth-order valence-electron chi connectivity index (χ4n) is 1.95. The minimum atomic E-state index is -2.42. The summed E-state index contributed by atoms with van der Waals surface area (Å²) in [6, 6.07) is 8.36. The molecule has 0 aliphatic carbocycles. The smallest absolute Gasteiger partial charge is 0.412 e.